The predicted molar refractivity (Wildman–Crippen MR) is 105 cm³/mol. The average molecular weight is 383 g/mol. The molecule has 7 nitrogen and oxygen atoms in total. The highest BCUT2D eigenvalue weighted by molar-refractivity contribution is 7.80. The summed E-state index contributed by atoms with van der Waals surface area (Å²) in [6, 6.07) is 13.5. The van der Waals surface area contributed by atoms with Gasteiger partial charge in [-0.3, -0.25) is 19.8 Å². The zero-order valence-corrected chi connectivity index (χ0v) is 15.4. The van der Waals surface area contributed by atoms with Crippen LogP contribution in [0.4, 0.5) is 5.69 Å². The Morgan fingerprint density at radius 1 is 1.26 bits per heavy atom. The molecule has 1 aliphatic heterocycles. The molecule has 0 aliphatic carbocycles. The van der Waals surface area contributed by atoms with Crippen molar-refractivity contribution in [3.05, 3.63) is 75.5 Å². The van der Waals surface area contributed by atoms with E-state index in [1.165, 1.54) is 17.0 Å². The average Bonchev–Trinajstić information content (AvgIpc) is 2.94. The highest BCUT2D eigenvalue weighted by Gasteiger charge is 2.28. The van der Waals surface area contributed by atoms with Crippen molar-refractivity contribution in [1.82, 2.24) is 10.2 Å². The first kappa shape index (κ1) is 18.5. The van der Waals surface area contributed by atoms with Gasteiger partial charge in [0, 0.05) is 18.7 Å². The van der Waals surface area contributed by atoms with Crippen molar-refractivity contribution in [3.8, 4) is 5.75 Å². The predicted octanol–water partition coefficient (Wildman–Crippen LogP) is 3.25. The molecule has 138 valence electrons. The Balaban J connectivity index is 1.65. The molecule has 8 heteroatoms. The number of carbonyl (C=O) groups is 1. The van der Waals surface area contributed by atoms with Crippen LogP contribution in [0, 0.1) is 10.1 Å². The van der Waals surface area contributed by atoms with Crippen LogP contribution in [-0.2, 0) is 11.4 Å². The minimum absolute atomic E-state index is 0.0332. The number of thiocarbonyl (C=S) groups is 1. The molecule has 0 radical (unpaired) electrons. The lowest BCUT2D eigenvalue weighted by molar-refractivity contribution is -0.384. The van der Waals surface area contributed by atoms with Crippen molar-refractivity contribution in [2.75, 3.05) is 6.54 Å². The largest absolute Gasteiger partial charge is 0.489 e. The molecule has 1 fully saturated rings. The van der Waals surface area contributed by atoms with E-state index in [2.05, 4.69) is 5.32 Å². The van der Waals surface area contributed by atoms with Gasteiger partial charge in [-0.15, -0.1) is 0 Å². The summed E-state index contributed by atoms with van der Waals surface area (Å²) in [4.78, 5) is 24.1. The number of nitrogens with zero attached hydrogens (tertiary/aromatic N) is 2. The lowest BCUT2D eigenvalue weighted by Gasteiger charge is -2.08. The smallest absolute Gasteiger partial charge is 0.276 e. The molecule has 0 bridgehead atoms. The SMILES string of the molecule is CCN1C(=O)C(=Cc2ccc(OCc3cccc([N+](=O)[O-])c3)cc2)NC1=S. The maximum Gasteiger partial charge on any atom is 0.276 e. The highest BCUT2D eigenvalue weighted by Crippen LogP contribution is 2.19. The quantitative estimate of drug-likeness (QED) is 0.357. The van der Waals surface area contributed by atoms with Gasteiger partial charge in [-0.2, -0.15) is 0 Å². The Bertz CT molecular complexity index is 925. The Hall–Kier alpha value is -3.26. The summed E-state index contributed by atoms with van der Waals surface area (Å²) in [6.45, 7) is 2.61. The van der Waals surface area contributed by atoms with Gasteiger partial charge in [0.15, 0.2) is 5.11 Å². The first-order valence-corrected chi connectivity index (χ1v) is 8.69. The number of nitrogens with one attached hydrogen (secondary N) is 1. The van der Waals surface area contributed by atoms with Crippen molar-refractivity contribution in [3.63, 3.8) is 0 Å². The summed E-state index contributed by atoms with van der Waals surface area (Å²) < 4.78 is 5.67. The lowest BCUT2D eigenvalue weighted by Crippen LogP contribution is -2.30. The van der Waals surface area contributed by atoms with Crippen molar-refractivity contribution in [2.45, 2.75) is 13.5 Å². The first-order valence-electron chi connectivity index (χ1n) is 8.28. The van der Waals surface area contributed by atoms with E-state index < -0.39 is 4.92 Å². The molecular weight excluding hydrogens is 366 g/mol. The molecule has 1 heterocycles. The molecule has 3 rings (SSSR count). The highest BCUT2D eigenvalue weighted by atomic mass is 32.1. The number of non-ortho nitro benzene ring substituents is 1. The molecule has 0 saturated carbocycles. The fourth-order valence-electron chi connectivity index (χ4n) is 2.61. The number of likely N-dealkylation sites (N-methyl/N-ethyl adjacent to an activating group) is 1. The molecule has 1 amide bonds. The number of nitro groups is 1. The van der Waals surface area contributed by atoms with Gasteiger partial charge in [0.2, 0.25) is 0 Å². The van der Waals surface area contributed by atoms with E-state index in [1.54, 1.807) is 30.3 Å². The van der Waals surface area contributed by atoms with E-state index in [-0.39, 0.29) is 18.2 Å². The second kappa shape index (κ2) is 7.96. The van der Waals surface area contributed by atoms with E-state index in [0.29, 0.717) is 28.7 Å². The van der Waals surface area contributed by atoms with Gasteiger partial charge in [-0.05, 0) is 48.5 Å². The van der Waals surface area contributed by atoms with Crippen LogP contribution in [0.1, 0.15) is 18.1 Å². The number of carbonyl (C=O) groups excluding carboxylic acids is 1. The second-order valence-electron chi connectivity index (χ2n) is 5.82. The summed E-state index contributed by atoms with van der Waals surface area (Å²) in [5.74, 6) is 0.480. The van der Waals surface area contributed by atoms with Crippen LogP contribution in [-0.4, -0.2) is 27.4 Å². The molecule has 2 aromatic carbocycles. The topological polar surface area (TPSA) is 84.7 Å². The van der Waals surface area contributed by atoms with Crippen molar-refractivity contribution in [2.24, 2.45) is 0 Å². The molecule has 0 unspecified atom stereocenters. The minimum Gasteiger partial charge on any atom is -0.489 e. The fourth-order valence-corrected chi connectivity index (χ4v) is 2.93. The van der Waals surface area contributed by atoms with E-state index in [1.807, 2.05) is 19.1 Å². The molecule has 27 heavy (non-hydrogen) atoms. The monoisotopic (exact) mass is 383 g/mol. The Kier molecular flexibility index (Phi) is 5.46. The molecule has 0 aromatic heterocycles. The minimum atomic E-state index is -0.435. The van der Waals surface area contributed by atoms with Gasteiger partial charge in [0.1, 0.15) is 18.1 Å². The van der Waals surface area contributed by atoms with Gasteiger partial charge < -0.3 is 10.1 Å². The Morgan fingerprint density at radius 2 is 2.00 bits per heavy atom. The molecule has 2 aromatic rings. The van der Waals surface area contributed by atoms with Crippen LogP contribution in [0.15, 0.2) is 54.2 Å². The van der Waals surface area contributed by atoms with Gasteiger partial charge in [0.05, 0.1) is 4.92 Å². The maximum absolute atomic E-state index is 12.2. The summed E-state index contributed by atoms with van der Waals surface area (Å²) in [5, 5.41) is 14.1. The number of rotatable bonds is 6. The maximum atomic E-state index is 12.2. The summed E-state index contributed by atoms with van der Waals surface area (Å²) in [5.41, 5.74) is 2.01. The molecule has 1 N–H and O–H groups in total. The van der Waals surface area contributed by atoms with Crippen LogP contribution in [0.2, 0.25) is 0 Å². The third kappa shape index (κ3) is 4.29. The normalized spacial score (nSPS) is 15.1. The molecule has 0 spiro atoms. The number of hydrogen-bond acceptors (Lipinski definition) is 5. The number of benzene rings is 2. The van der Waals surface area contributed by atoms with Gasteiger partial charge in [-0.1, -0.05) is 24.3 Å². The number of amides is 1. The Morgan fingerprint density at radius 3 is 2.63 bits per heavy atom. The third-order valence-electron chi connectivity index (χ3n) is 4.00. The zero-order valence-electron chi connectivity index (χ0n) is 14.5. The van der Waals surface area contributed by atoms with Crippen LogP contribution in [0.5, 0.6) is 5.75 Å². The summed E-state index contributed by atoms with van der Waals surface area (Å²) in [7, 11) is 0. The lowest BCUT2D eigenvalue weighted by atomic mass is 10.2. The van der Waals surface area contributed by atoms with E-state index in [0.717, 1.165) is 5.56 Å². The van der Waals surface area contributed by atoms with Crippen LogP contribution < -0.4 is 10.1 Å². The van der Waals surface area contributed by atoms with Crippen molar-refractivity contribution < 1.29 is 14.5 Å². The van der Waals surface area contributed by atoms with Crippen LogP contribution >= 0.6 is 12.2 Å². The molecule has 0 atom stereocenters. The van der Waals surface area contributed by atoms with Crippen LogP contribution in [0.25, 0.3) is 6.08 Å². The molecular formula is C19H17N3O4S. The Labute approximate surface area is 161 Å². The third-order valence-corrected chi connectivity index (χ3v) is 4.32. The summed E-state index contributed by atoms with van der Waals surface area (Å²) in [6.07, 6.45) is 1.73. The standard InChI is InChI=1S/C19H17N3O4S/c1-2-21-18(23)17(20-19(21)27)11-13-6-8-16(9-7-13)26-12-14-4-3-5-15(10-14)22(24)25/h3-11H,2,12H2,1H3,(H,20,27). The van der Waals surface area contributed by atoms with E-state index in [4.69, 9.17) is 17.0 Å². The second-order valence-corrected chi connectivity index (χ2v) is 6.21. The van der Waals surface area contributed by atoms with Gasteiger partial charge >= 0.3 is 0 Å². The number of ether oxygens (including phenoxy) is 1. The van der Waals surface area contributed by atoms with Crippen LogP contribution in [0.3, 0.4) is 0 Å². The van der Waals surface area contributed by atoms with Gasteiger partial charge in [0.25, 0.3) is 11.6 Å². The first-order chi connectivity index (χ1) is 13.0. The zero-order chi connectivity index (χ0) is 19.4. The number of hydrogen-bond donors (Lipinski definition) is 1. The van der Waals surface area contributed by atoms with Crippen molar-refractivity contribution >= 4 is 35.0 Å². The molecule has 1 saturated heterocycles. The van der Waals surface area contributed by atoms with Crippen molar-refractivity contribution in [1.29, 1.82) is 0 Å². The molecule has 1 aliphatic rings. The van der Waals surface area contributed by atoms with Gasteiger partial charge in [-0.25, -0.2) is 0 Å². The summed E-state index contributed by atoms with van der Waals surface area (Å²) >= 11 is 5.13. The van der Waals surface area contributed by atoms with E-state index >= 15 is 0 Å². The number of nitro benzene ring substituents is 1. The van der Waals surface area contributed by atoms with E-state index in [9.17, 15) is 14.9 Å². The fraction of sp³-hybridized carbons (Fsp3) is 0.158.